The van der Waals surface area contributed by atoms with Gasteiger partial charge in [-0.3, -0.25) is 5.43 Å². The van der Waals surface area contributed by atoms with Gasteiger partial charge in [0.1, 0.15) is 6.07 Å². The Morgan fingerprint density at radius 1 is 1.03 bits per heavy atom. The van der Waals surface area contributed by atoms with Gasteiger partial charge in [-0.2, -0.15) is 10.4 Å². The van der Waals surface area contributed by atoms with Crippen molar-refractivity contribution in [1.82, 2.24) is 0 Å². The molecule has 3 aromatic rings. The molecule has 144 valence electrons. The molecule has 0 heterocycles. The maximum atomic E-state index is 11.9. The Morgan fingerprint density at radius 2 is 1.62 bits per heavy atom. The minimum atomic E-state index is -1.21. The summed E-state index contributed by atoms with van der Waals surface area (Å²) in [5, 5.41) is 23.3. The summed E-state index contributed by atoms with van der Waals surface area (Å²) >= 11 is 0. The van der Waals surface area contributed by atoms with Crippen molar-refractivity contribution in [2.45, 2.75) is 13.8 Å². The highest BCUT2D eigenvalue weighted by atomic mass is 16.4. The molecule has 0 amide bonds. The van der Waals surface area contributed by atoms with E-state index in [1.165, 1.54) is 6.07 Å². The van der Waals surface area contributed by atoms with Crippen molar-refractivity contribution in [2.24, 2.45) is 5.10 Å². The SMILES string of the molecule is Cc1ccc(N/N=C(\C(=O)O)c2cc(N)c(C#N)c(-c3ccc(C)cc3)c2)cc1. The number of anilines is 2. The number of aliphatic carboxylic acids is 1. The molecule has 0 radical (unpaired) electrons. The fourth-order valence-electron chi connectivity index (χ4n) is 2.87. The number of carbonyl (C=O) groups is 1. The van der Waals surface area contributed by atoms with E-state index in [2.05, 4.69) is 16.6 Å². The van der Waals surface area contributed by atoms with Gasteiger partial charge in [0.05, 0.1) is 16.9 Å². The van der Waals surface area contributed by atoms with Crippen LogP contribution in [0.25, 0.3) is 11.1 Å². The maximum Gasteiger partial charge on any atom is 0.356 e. The highest BCUT2D eigenvalue weighted by Gasteiger charge is 2.18. The Bertz CT molecular complexity index is 1130. The second-order valence-corrected chi connectivity index (χ2v) is 6.71. The molecule has 6 heteroatoms. The van der Waals surface area contributed by atoms with Gasteiger partial charge in [-0.15, -0.1) is 0 Å². The summed E-state index contributed by atoms with van der Waals surface area (Å²) in [7, 11) is 0. The summed E-state index contributed by atoms with van der Waals surface area (Å²) in [4.78, 5) is 11.9. The van der Waals surface area contributed by atoms with E-state index in [1.54, 1.807) is 6.07 Å². The average molecular weight is 384 g/mol. The molecular formula is C23H20N4O2. The molecule has 4 N–H and O–H groups in total. The van der Waals surface area contributed by atoms with Crippen LogP contribution in [0.15, 0.2) is 65.8 Å². The molecule has 0 bridgehead atoms. The number of nitrogens with zero attached hydrogens (tertiary/aromatic N) is 2. The first-order valence-electron chi connectivity index (χ1n) is 8.93. The number of hydrazone groups is 1. The minimum absolute atomic E-state index is 0.199. The lowest BCUT2D eigenvalue weighted by molar-refractivity contribution is -0.129. The lowest BCUT2D eigenvalue weighted by atomic mass is 9.94. The molecule has 0 aromatic heterocycles. The van der Waals surface area contributed by atoms with E-state index in [1.807, 2.05) is 62.4 Å². The molecule has 0 aliphatic rings. The summed E-state index contributed by atoms with van der Waals surface area (Å²) in [5.74, 6) is -1.21. The first-order chi connectivity index (χ1) is 13.9. The predicted molar refractivity (Wildman–Crippen MR) is 115 cm³/mol. The van der Waals surface area contributed by atoms with E-state index in [0.29, 0.717) is 22.4 Å². The summed E-state index contributed by atoms with van der Waals surface area (Å²) in [5.41, 5.74) is 13.6. The lowest BCUT2D eigenvalue weighted by Crippen LogP contribution is -2.17. The Balaban J connectivity index is 2.08. The van der Waals surface area contributed by atoms with Crippen LogP contribution in [0.5, 0.6) is 0 Å². The number of aryl methyl sites for hydroxylation is 2. The fraction of sp³-hybridized carbons (Fsp3) is 0.0870. The number of nitrogen functional groups attached to an aromatic ring is 1. The molecule has 0 aliphatic heterocycles. The van der Waals surface area contributed by atoms with E-state index in [-0.39, 0.29) is 11.4 Å². The standard InChI is InChI=1S/C23H20N4O2/c1-14-3-7-16(8-4-14)19-11-17(12-21(25)20(19)13-24)22(23(28)29)27-26-18-9-5-15(2)6-10-18/h3-12,26H,25H2,1-2H3,(H,28,29)/b27-22-. The van der Waals surface area contributed by atoms with Gasteiger partial charge in [-0.25, -0.2) is 4.79 Å². The molecule has 0 unspecified atom stereocenters. The third-order valence-electron chi connectivity index (χ3n) is 4.47. The summed E-state index contributed by atoms with van der Waals surface area (Å²) in [6, 6.07) is 20.2. The quantitative estimate of drug-likeness (QED) is 0.344. The van der Waals surface area contributed by atoms with Gasteiger partial charge in [-0.05, 0) is 43.7 Å². The van der Waals surface area contributed by atoms with Crippen molar-refractivity contribution in [3.05, 3.63) is 82.9 Å². The van der Waals surface area contributed by atoms with E-state index < -0.39 is 5.97 Å². The monoisotopic (exact) mass is 384 g/mol. The van der Waals surface area contributed by atoms with Gasteiger partial charge in [0.15, 0.2) is 5.71 Å². The number of nitrogens with one attached hydrogen (secondary N) is 1. The molecule has 0 atom stereocenters. The van der Waals surface area contributed by atoms with Crippen molar-refractivity contribution >= 4 is 23.1 Å². The van der Waals surface area contributed by atoms with Crippen LogP contribution in [-0.4, -0.2) is 16.8 Å². The normalized spacial score (nSPS) is 11.0. The van der Waals surface area contributed by atoms with E-state index in [0.717, 1.165) is 16.7 Å². The van der Waals surface area contributed by atoms with Crippen LogP contribution in [0.3, 0.4) is 0 Å². The maximum absolute atomic E-state index is 11.9. The number of nitriles is 1. The number of rotatable bonds is 5. The van der Waals surface area contributed by atoms with Gasteiger partial charge in [0, 0.05) is 11.1 Å². The number of nitrogens with two attached hydrogens (primary N) is 1. The van der Waals surface area contributed by atoms with E-state index >= 15 is 0 Å². The highest BCUT2D eigenvalue weighted by molar-refractivity contribution is 6.43. The summed E-state index contributed by atoms with van der Waals surface area (Å²) in [6.45, 7) is 3.92. The Labute approximate surface area is 168 Å². The highest BCUT2D eigenvalue weighted by Crippen LogP contribution is 2.30. The average Bonchev–Trinajstić information content (AvgIpc) is 2.69. The third-order valence-corrected chi connectivity index (χ3v) is 4.47. The second-order valence-electron chi connectivity index (χ2n) is 6.71. The summed E-state index contributed by atoms with van der Waals surface area (Å²) in [6.07, 6.45) is 0. The van der Waals surface area contributed by atoms with Crippen molar-refractivity contribution in [3.63, 3.8) is 0 Å². The molecule has 0 saturated carbocycles. The van der Waals surface area contributed by atoms with Gasteiger partial charge < -0.3 is 10.8 Å². The molecule has 0 fully saturated rings. The van der Waals surface area contributed by atoms with Crippen molar-refractivity contribution in [2.75, 3.05) is 11.2 Å². The van der Waals surface area contributed by atoms with Crippen molar-refractivity contribution < 1.29 is 9.90 Å². The molecule has 3 rings (SSSR count). The molecule has 3 aromatic carbocycles. The molecule has 29 heavy (non-hydrogen) atoms. The molecule has 0 saturated heterocycles. The predicted octanol–water partition coefficient (Wildman–Crippen LogP) is 4.33. The van der Waals surface area contributed by atoms with Crippen LogP contribution in [0.1, 0.15) is 22.3 Å². The van der Waals surface area contributed by atoms with Crippen LogP contribution < -0.4 is 11.2 Å². The Hall–Kier alpha value is -4.11. The Kier molecular flexibility index (Phi) is 5.61. The van der Waals surface area contributed by atoms with Gasteiger partial charge in [-0.1, -0.05) is 47.5 Å². The van der Waals surface area contributed by atoms with Crippen molar-refractivity contribution in [1.29, 1.82) is 5.26 Å². The van der Waals surface area contributed by atoms with E-state index in [9.17, 15) is 15.2 Å². The van der Waals surface area contributed by atoms with Crippen LogP contribution in [0.2, 0.25) is 0 Å². The molecule has 0 aliphatic carbocycles. The first-order valence-corrected chi connectivity index (χ1v) is 8.93. The van der Waals surface area contributed by atoms with E-state index in [4.69, 9.17) is 5.73 Å². The van der Waals surface area contributed by atoms with Gasteiger partial charge >= 0.3 is 5.97 Å². The lowest BCUT2D eigenvalue weighted by Gasteiger charge is -2.12. The molecule has 0 spiro atoms. The van der Waals surface area contributed by atoms with Crippen molar-refractivity contribution in [3.8, 4) is 17.2 Å². The molecule has 6 nitrogen and oxygen atoms in total. The number of hydrogen-bond donors (Lipinski definition) is 3. The van der Waals surface area contributed by atoms with Crippen LogP contribution in [0, 0.1) is 25.2 Å². The third kappa shape index (κ3) is 4.42. The zero-order valence-corrected chi connectivity index (χ0v) is 16.1. The number of carboxylic acid groups (broad SMARTS) is 1. The second kappa shape index (κ2) is 8.28. The number of carboxylic acids is 1. The molecular weight excluding hydrogens is 364 g/mol. The van der Waals surface area contributed by atoms with Gasteiger partial charge in [0.25, 0.3) is 0 Å². The first kappa shape index (κ1) is 19.6. The number of benzene rings is 3. The van der Waals surface area contributed by atoms with Crippen LogP contribution in [0.4, 0.5) is 11.4 Å². The summed E-state index contributed by atoms with van der Waals surface area (Å²) < 4.78 is 0. The number of hydrogen-bond acceptors (Lipinski definition) is 5. The zero-order valence-electron chi connectivity index (χ0n) is 16.1. The fourth-order valence-corrected chi connectivity index (χ4v) is 2.87. The minimum Gasteiger partial charge on any atom is -0.476 e. The van der Waals surface area contributed by atoms with Crippen LogP contribution in [-0.2, 0) is 4.79 Å². The Morgan fingerprint density at radius 3 is 2.17 bits per heavy atom. The van der Waals surface area contributed by atoms with Crippen LogP contribution >= 0.6 is 0 Å². The zero-order chi connectivity index (χ0) is 21.0. The smallest absolute Gasteiger partial charge is 0.356 e. The topological polar surface area (TPSA) is 112 Å². The van der Waals surface area contributed by atoms with Gasteiger partial charge in [0.2, 0.25) is 0 Å². The largest absolute Gasteiger partial charge is 0.476 e.